The Bertz CT molecular complexity index is 1180. The molecule has 0 bridgehead atoms. The molecule has 0 spiro atoms. The Morgan fingerprint density at radius 2 is 1.62 bits per heavy atom. The first kappa shape index (κ1) is 25.4. The Morgan fingerprint density at radius 1 is 0.919 bits per heavy atom. The molecule has 0 aliphatic carbocycles. The maximum atomic E-state index is 12.4. The second kappa shape index (κ2) is 10.6. The maximum absolute atomic E-state index is 12.4. The molecular weight excluding hydrogens is 483 g/mol. The van der Waals surface area contributed by atoms with Crippen molar-refractivity contribution < 1.29 is 32.5 Å². The number of rotatable bonds is 8. The van der Waals surface area contributed by atoms with Crippen LogP contribution in [0.15, 0.2) is 72.8 Å². The number of likely N-dealkylation sites (tertiary alicyclic amines) is 1. The second-order valence-electron chi connectivity index (χ2n) is 9.88. The zero-order valence-electron chi connectivity index (χ0n) is 20.4. The van der Waals surface area contributed by atoms with E-state index in [4.69, 9.17) is 9.47 Å². The van der Waals surface area contributed by atoms with Crippen LogP contribution in [0.3, 0.4) is 0 Å². The van der Waals surface area contributed by atoms with E-state index in [-0.39, 0.29) is 11.9 Å². The number of hydrogen-bond donors (Lipinski definition) is 1. The highest BCUT2D eigenvalue weighted by atomic mass is 19.4. The van der Waals surface area contributed by atoms with Crippen LogP contribution in [-0.4, -0.2) is 47.7 Å². The van der Waals surface area contributed by atoms with Crippen molar-refractivity contribution in [1.82, 2.24) is 4.90 Å². The van der Waals surface area contributed by atoms with Gasteiger partial charge < -0.3 is 19.3 Å². The van der Waals surface area contributed by atoms with Gasteiger partial charge in [0.2, 0.25) is 0 Å². The van der Waals surface area contributed by atoms with E-state index in [1.165, 1.54) is 12.1 Å². The minimum Gasteiger partial charge on any atom is -0.489 e. The molecule has 0 amide bonds. The van der Waals surface area contributed by atoms with Crippen LogP contribution < -0.4 is 14.2 Å². The van der Waals surface area contributed by atoms with E-state index < -0.39 is 12.0 Å². The van der Waals surface area contributed by atoms with Gasteiger partial charge in [-0.15, -0.1) is 13.2 Å². The normalized spacial score (nSPS) is 19.2. The highest BCUT2D eigenvalue weighted by Gasteiger charge is 2.35. The lowest BCUT2D eigenvalue weighted by molar-refractivity contribution is -0.274. The van der Waals surface area contributed by atoms with Gasteiger partial charge in [0.05, 0.1) is 5.60 Å². The minimum absolute atomic E-state index is 0.0479. The number of hydrogen-bond acceptors (Lipinski definition) is 5. The molecule has 0 aromatic heterocycles. The fourth-order valence-electron chi connectivity index (χ4n) is 5.03. The molecule has 5 nitrogen and oxygen atoms in total. The van der Waals surface area contributed by atoms with Gasteiger partial charge in [0.25, 0.3) is 0 Å². The van der Waals surface area contributed by atoms with Crippen LogP contribution >= 0.6 is 0 Å². The minimum atomic E-state index is -4.71. The predicted octanol–water partition coefficient (Wildman–Crippen LogP) is 5.54. The topological polar surface area (TPSA) is 51.2 Å². The fourth-order valence-corrected chi connectivity index (χ4v) is 5.03. The molecule has 0 saturated carbocycles. The summed E-state index contributed by atoms with van der Waals surface area (Å²) in [6.07, 6.45) is -2.28. The number of fused-ring (bicyclic) bond motifs is 1. The van der Waals surface area contributed by atoms with E-state index in [0.717, 1.165) is 54.2 Å². The highest BCUT2D eigenvalue weighted by molar-refractivity contribution is 5.43. The van der Waals surface area contributed by atoms with Gasteiger partial charge in [-0.1, -0.05) is 42.5 Å². The van der Waals surface area contributed by atoms with Crippen molar-refractivity contribution in [1.29, 1.82) is 0 Å². The summed E-state index contributed by atoms with van der Waals surface area (Å²) in [5.41, 5.74) is 2.16. The van der Waals surface area contributed by atoms with E-state index in [9.17, 15) is 18.3 Å². The Morgan fingerprint density at radius 3 is 2.32 bits per heavy atom. The monoisotopic (exact) mass is 513 g/mol. The molecule has 37 heavy (non-hydrogen) atoms. The molecule has 2 aliphatic rings. The van der Waals surface area contributed by atoms with Crippen LogP contribution in [0.5, 0.6) is 17.2 Å². The number of benzene rings is 3. The molecule has 1 atom stereocenters. The van der Waals surface area contributed by atoms with Crippen molar-refractivity contribution in [2.24, 2.45) is 0 Å². The summed E-state index contributed by atoms with van der Waals surface area (Å²) in [6.45, 7) is 2.75. The van der Waals surface area contributed by atoms with Crippen LogP contribution in [0.1, 0.15) is 29.5 Å². The molecule has 5 rings (SSSR count). The van der Waals surface area contributed by atoms with Crippen LogP contribution in [0, 0.1) is 0 Å². The van der Waals surface area contributed by atoms with Crippen LogP contribution in [0.4, 0.5) is 13.2 Å². The third-order valence-electron chi connectivity index (χ3n) is 6.96. The molecule has 0 radical (unpaired) electrons. The van der Waals surface area contributed by atoms with E-state index >= 15 is 0 Å². The summed E-state index contributed by atoms with van der Waals surface area (Å²) in [5.74, 6) is 1.46. The molecular formula is C29H30F3NO4. The molecule has 8 heteroatoms. The number of nitrogens with zero attached hydrogens (tertiary/aromatic N) is 1. The van der Waals surface area contributed by atoms with Gasteiger partial charge in [0, 0.05) is 38.0 Å². The van der Waals surface area contributed by atoms with Gasteiger partial charge in [-0.2, -0.15) is 0 Å². The molecule has 1 fully saturated rings. The Hall–Kier alpha value is -3.23. The number of alkyl halides is 3. The molecule has 1 N–H and O–H groups in total. The molecule has 1 unspecified atom stereocenters. The number of piperidine rings is 1. The van der Waals surface area contributed by atoms with E-state index in [0.29, 0.717) is 25.9 Å². The summed E-state index contributed by atoms with van der Waals surface area (Å²) in [4.78, 5) is 2.30. The van der Waals surface area contributed by atoms with E-state index in [1.807, 2.05) is 42.5 Å². The molecule has 2 heterocycles. The molecule has 3 aromatic carbocycles. The Labute approximate surface area is 214 Å². The zero-order valence-corrected chi connectivity index (χ0v) is 20.4. The molecule has 1 saturated heterocycles. The Kier molecular flexibility index (Phi) is 7.31. The lowest BCUT2D eigenvalue weighted by Crippen LogP contribution is -2.48. The van der Waals surface area contributed by atoms with Gasteiger partial charge >= 0.3 is 6.36 Å². The standard InChI is InChI=1S/C29H30F3NO4/c30-29(31,32)37-24-8-6-21(7-9-24)18-28(34)12-14-33(15-13-28)19-26-17-23-16-25(10-11-27(23)36-26)35-20-22-4-2-1-3-5-22/h1-11,16,26,34H,12-15,17-20H2. The Balaban J connectivity index is 1.08. The van der Waals surface area contributed by atoms with Crippen LogP contribution in [0.25, 0.3) is 0 Å². The number of aliphatic hydroxyl groups is 1. The third-order valence-corrected chi connectivity index (χ3v) is 6.96. The number of halogens is 3. The predicted molar refractivity (Wildman–Crippen MR) is 133 cm³/mol. The van der Waals surface area contributed by atoms with Gasteiger partial charge in [-0.25, -0.2) is 0 Å². The van der Waals surface area contributed by atoms with Crippen molar-refractivity contribution in [3.05, 3.63) is 89.5 Å². The first-order chi connectivity index (χ1) is 17.7. The average Bonchev–Trinajstić information content (AvgIpc) is 3.27. The van der Waals surface area contributed by atoms with Gasteiger partial charge in [-0.05, 0) is 54.3 Å². The lowest BCUT2D eigenvalue weighted by atomic mass is 9.85. The summed E-state index contributed by atoms with van der Waals surface area (Å²) in [7, 11) is 0. The molecule has 2 aliphatic heterocycles. The zero-order chi connectivity index (χ0) is 25.9. The highest BCUT2D eigenvalue weighted by Crippen LogP contribution is 2.34. The summed E-state index contributed by atoms with van der Waals surface area (Å²) in [6, 6.07) is 21.7. The average molecular weight is 514 g/mol. The van der Waals surface area contributed by atoms with Gasteiger partial charge in [0.15, 0.2) is 0 Å². The summed E-state index contributed by atoms with van der Waals surface area (Å²) >= 11 is 0. The first-order valence-electron chi connectivity index (χ1n) is 12.5. The van der Waals surface area contributed by atoms with E-state index in [2.05, 4.69) is 15.7 Å². The van der Waals surface area contributed by atoms with Crippen LogP contribution in [-0.2, 0) is 19.4 Å². The van der Waals surface area contributed by atoms with Crippen molar-refractivity contribution in [2.75, 3.05) is 19.6 Å². The fraction of sp³-hybridized carbons (Fsp3) is 0.379. The van der Waals surface area contributed by atoms with Gasteiger partial charge in [0.1, 0.15) is 30.0 Å². The molecule has 196 valence electrons. The smallest absolute Gasteiger partial charge is 0.489 e. The third kappa shape index (κ3) is 6.96. The number of ether oxygens (including phenoxy) is 3. The lowest BCUT2D eigenvalue weighted by Gasteiger charge is -2.39. The van der Waals surface area contributed by atoms with Crippen LogP contribution in [0.2, 0.25) is 0 Å². The van der Waals surface area contributed by atoms with Gasteiger partial charge in [-0.3, -0.25) is 4.90 Å². The van der Waals surface area contributed by atoms with Crippen molar-refractivity contribution in [3.8, 4) is 17.2 Å². The largest absolute Gasteiger partial charge is 0.573 e. The SMILES string of the molecule is OC1(Cc2ccc(OC(F)(F)F)cc2)CCN(CC2Cc3cc(OCc4ccccc4)ccc3O2)CC1. The summed E-state index contributed by atoms with van der Waals surface area (Å²) < 4.78 is 53.1. The van der Waals surface area contributed by atoms with Crippen molar-refractivity contribution >= 4 is 0 Å². The quantitative estimate of drug-likeness (QED) is 0.429. The van der Waals surface area contributed by atoms with E-state index in [1.54, 1.807) is 12.1 Å². The van der Waals surface area contributed by atoms with Crippen molar-refractivity contribution in [3.63, 3.8) is 0 Å². The van der Waals surface area contributed by atoms with Crippen molar-refractivity contribution in [2.45, 2.75) is 50.4 Å². The molecule has 3 aromatic rings. The first-order valence-corrected chi connectivity index (χ1v) is 12.5. The second-order valence-corrected chi connectivity index (χ2v) is 9.88. The summed E-state index contributed by atoms with van der Waals surface area (Å²) in [5, 5.41) is 11.1. The maximum Gasteiger partial charge on any atom is 0.573 e.